The number of carboxylic acids is 1. The average molecular weight is 337 g/mol. The highest BCUT2D eigenvalue weighted by molar-refractivity contribution is 5.98. The Bertz CT molecular complexity index is 838. The first-order chi connectivity index (χ1) is 11.9. The van der Waals surface area contributed by atoms with E-state index in [1.54, 1.807) is 31.2 Å². The van der Waals surface area contributed by atoms with Crippen molar-refractivity contribution in [2.45, 2.75) is 13.8 Å². The van der Waals surface area contributed by atoms with Crippen molar-refractivity contribution >= 4 is 11.9 Å². The van der Waals surface area contributed by atoms with E-state index < -0.39 is 11.9 Å². The lowest BCUT2D eigenvalue weighted by Crippen LogP contribution is -2.22. The van der Waals surface area contributed by atoms with E-state index in [2.05, 4.69) is 11.9 Å². The van der Waals surface area contributed by atoms with Gasteiger partial charge in [-0.25, -0.2) is 4.79 Å². The van der Waals surface area contributed by atoms with Crippen LogP contribution in [0.15, 0.2) is 72.5 Å². The van der Waals surface area contributed by atoms with E-state index >= 15 is 0 Å². The number of carbonyl (C=O) groups is 2. The number of nitrogens with one attached hydrogen (secondary N) is 1. The molecule has 0 saturated carbocycles. The average Bonchev–Trinajstić information content (AvgIpc) is 2.55. The number of amides is 1. The molecule has 25 heavy (non-hydrogen) atoms. The molecule has 0 bridgehead atoms. The van der Waals surface area contributed by atoms with Crippen LogP contribution in [0.2, 0.25) is 0 Å². The van der Waals surface area contributed by atoms with Crippen molar-refractivity contribution in [1.29, 1.82) is 0 Å². The monoisotopic (exact) mass is 337 g/mol. The highest BCUT2D eigenvalue weighted by Gasteiger charge is 2.14. The molecular formula is C20H19NO4. The summed E-state index contributed by atoms with van der Waals surface area (Å²) in [5, 5.41) is 11.5. The van der Waals surface area contributed by atoms with Crippen LogP contribution >= 0.6 is 0 Å². The quantitative estimate of drug-likeness (QED) is 0.615. The van der Waals surface area contributed by atoms with Crippen molar-refractivity contribution in [1.82, 2.24) is 5.32 Å². The molecule has 0 heterocycles. The number of aliphatic carboxylic acids is 1. The van der Waals surface area contributed by atoms with Crippen LogP contribution in [0.3, 0.4) is 0 Å². The van der Waals surface area contributed by atoms with Crippen molar-refractivity contribution in [3.63, 3.8) is 0 Å². The van der Waals surface area contributed by atoms with Gasteiger partial charge in [0.15, 0.2) is 0 Å². The number of para-hydroxylation sites is 1. The Morgan fingerprint density at radius 1 is 1.16 bits per heavy atom. The molecule has 2 aromatic rings. The molecule has 2 rings (SSSR count). The summed E-state index contributed by atoms with van der Waals surface area (Å²) in [6, 6.07) is 14.4. The standard InChI is InChI=1S/C20H19NO4/c1-13-9-10-17(18(11-13)25-16-7-5-4-6-8-16)19(22)21-15(3)12-14(2)20(23)24/h4-12H,2H2,1,3H3,(H,21,22)(H,23,24)/b15-12+. The fourth-order valence-corrected chi connectivity index (χ4v) is 2.12. The molecule has 0 aromatic heterocycles. The number of ether oxygens (including phenoxy) is 1. The van der Waals surface area contributed by atoms with Gasteiger partial charge in [0.05, 0.1) is 11.1 Å². The normalized spacial score (nSPS) is 10.9. The van der Waals surface area contributed by atoms with Crippen LogP contribution in [0.25, 0.3) is 0 Å². The molecular weight excluding hydrogens is 318 g/mol. The van der Waals surface area contributed by atoms with Crippen LogP contribution in [0, 0.1) is 6.92 Å². The molecule has 0 radical (unpaired) electrons. The second-order valence-corrected chi connectivity index (χ2v) is 5.53. The van der Waals surface area contributed by atoms with Gasteiger partial charge in [0.2, 0.25) is 0 Å². The summed E-state index contributed by atoms with van der Waals surface area (Å²) < 4.78 is 5.82. The molecule has 128 valence electrons. The Balaban J connectivity index is 2.25. The molecule has 0 aliphatic rings. The molecule has 0 atom stereocenters. The van der Waals surface area contributed by atoms with E-state index in [1.807, 2.05) is 31.2 Å². The van der Waals surface area contributed by atoms with Gasteiger partial charge in [-0.1, -0.05) is 30.8 Å². The highest BCUT2D eigenvalue weighted by atomic mass is 16.5. The molecule has 1 amide bonds. The maximum absolute atomic E-state index is 12.5. The van der Waals surface area contributed by atoms with Gasteiger partial charge in [0.25, 0.3) is 5.91 Å². The van der Waals surface area contributed by atoms with E-state index in [9.17, 15) is 9.59 Å². The minimum Gasteiger partial charge on any atom is -0.478 e. The van der Waals surface area contributed by atoms with Gasteiger partial charge in [-0.05, 0) is 49.8 Å². The first-order valence-corrected chi connectivity index (χ1v) is 7.62. The molecule has 0 unspecified atom stereocenters. The number of carbonyl (C=O) groups excluding carboxylic acids is 1. The molecule has 5 nitrogen and oxygen atoms in total. The van der Waals surface area contributed by atoms with Crippen LogP contribution in [-0.4, -0.2) is 17.0 Å². The zero-order chi connectivity index (χ0) is 18.4. The third-order valence-corrected chi connectivity index (χ3v) is 3.33. The van der Waals surface area contributed by atoms with Crippen LogP contribution in [0.4, 0.5) is 0 Å². The first kappa shape index (κ1) is 18.0. The number of aryl methyl sites for hydroxylation is 1. The summed E-state index contributed by atoms with van der Waals surface area (Å²) in [6.45, 7) is 6.91. The maximum Gasteiger partial charge on any atom is 0.335 e. The van der Waals surface area contributed by atoms with Gasteiger partial charge in [-0.15, -0.1) is 0 Å². The van der Waals surface area contributed by atoms with E-state index in [4.69, 9.17) is 9.84 Å². The number of carboxylic acid groups (broad SMARTS) is 1. The minimum absolute atomic E-state index is 0.109. The third-order valence-electron chi connectivity index (χ3n) is 3.33. The van der Waals surface area contributed by atoms with E-state index in [0.717, 1.165) is 5.56 Å². The molecule has 0 aliphatic carbocycles. The summed E-state index contributed by atoms with van der Waals surface area (Å²) in [5.74, 6) is -0.489. The van der Waals surface area contributed by atoms with E-state index in [-0.39, 0.29) is 5.57 Å². The minimum atomic E-state index is -1.14. The number of hydrogen-bond acceptors (Lipinski definition) is 3. The van der Waals surface area contributed by atoms with Crippen molar-refractivity contribution in [2.75, 3.05) is 0 Å². The number of rotatable bonds is 6. The predicted octanol–water partition coefficient (Wildman–Crippen LogP) is 4.06. The van der Waals surface area contributed by atoms with Crippen LogP contribution in [-0.2, 0) is 4.79 Å². The van der Waals surface area contributed by atoms with Crippen LogP contribution < -0.4 is 10.1 Å². The maximum atomic E-state index is 12.5. The number of hydrogen-bond donors (Lipinski definition) is 2. The van der Waals surface area contributed by atoms with Gasteiger partial charge >= 0.3 is 5.97 Å². The van der Waals surface area contributed by atoms with Crippen molar-refractivity contribution in [2.24, 2.45) is 0 Å². The fourth-order valence-electron chi connectivity index (χ4n) is 2.12. The molecule has 2 aromatic carbocycles. The third kappa shape index (κ3) is 5.07. The van der Waals surface area contributed by atoms with Crippen molar-refractivity contribution < 1.29 is 19.4 Å². The van der Waals surface area contributed by atoms with Crippen molar-refractivity contribution in [3.8, 4) is 11.5 Å². The summed E-state index contributed by atoms with van der Waals surface area (Å²) in [6.07, 6.45) is 1.30. The molecule has 2 N–H and O–H groups in total. The lowest BCUT2D eigenvalue weighted by Gasteiger charge is -2.12. The smallest absolute Gasteiger partial charge is 0.335 e. The van der Waals surface area contributed by atoms with E-state index in [1.165, 1.54) is 6.08 Å². The summed E-state index contributed by atoms with van der Waals surface area (Å²) >= 11 is 0. The Morgan fingerprint density at radius 3 is 2.48 bits per heavy atom. The molecule has 0 fully saturated rings. The topological polar surface area (TPSA) is 75.6 Å². The van der Waals surface area contributed by atoms with Gasteiger partial charge < -0.3 is 15.2 Å². The largest absolute Gasteiger partial charge is 0.478 e. The zero-order valence-electron chi connectivity index (χ0n) is 14.1. The fraction of sp³-hybridized carbons (Fsp3) is 0.100. The second-order valence-electron chi connectivity index (χ2n) is 5.53. The second kappa shape index (κ2) is 7.97. The van der Waals surface area contributed by atoms with Crippen molar-refractivity contribution in [3.05, 3.63) is 83.6 Å². The Kier molecular flexibility index (Phi) is 5.74. The van der Waals surface area contributed by atoms with Gasteiger partial charge in [0.1, 0.15) is 11.5 Å². The lowest BCUT2D eigenvalue weighted by molar-refractivity contribution is -0.132. The summed E-state index contributed by atoms with van der Waals surface area (Å²) in [4.78, 5) is 23.3. The molecule has 0 spiro atoms. The zero-order valence-corrected chi connectivity index (χ0v) is 14.1. The Hall–Kier alpha value is -3.34. The number of allylic oxidation sites excluding steroid dienone is 1. The van der Waals surface area contributed by atoms with Gasteiger partial charge in [0, 0.05) is 5.70 Å². The SMILES string of the molecule is C=C(/C=C(\C)NC(=O)c1ccc(C)cc1Oc1ccccc1)C(=O)O. The molecule has 0 aliphatic heterocycles. The summed E-state index contributed by atoms with van der Waals surface area (Å²) in [7, 11) is 0. The van der Waals surface area contributed by atoms with Gasteiger partial charge in [-0.3, -0.25) is 4.79 Å². The van der Waals surface area contributed by atoms with Gasteiger partial charge in [-0.2, -0.15) is 0 Å². The number of benzene rings is 2. The highest BCUT2D eigenvalue weighted by Crippen LogP contribution is 2.26. The van der Waals surface area contributed by atoms with Crippen LogP contribution in [0.5, 0.6) is 11.5 Å². The molecule has 5 heteroatoms. The Labute approximate surface area is 146 Å². The summed E-state index contributed by atoms with van der Waals surface area (Å²) in [5.41, 5.74) is 1.57. The first-order valence-electron chi connectivity index (χ1n) is 7.62. The predicted molar refractivity (Wildman–Crippen MR) is 95.7 cm³/mol. The van der Waals surface area contributed by atoms with Crippen LogP contribution in [0.1, 0.15) is 22.8 Å². The van der Waals surface area contributed by atoms with E-state index in [0.29, 0.717) is 22.8 Å². The Morgan fingerprint density at radius 2 is 1.84 bits per heavy atom. The lowest BCUT2D eigenvalue weighted by atomic mass is 10.1. The molecule has 0 saturated heterocycles.